The van der Waals surface area contributed by atoms with Crippen LogP contribution in [0.15, 0.2) is 42.5 Å². The lowest BCUT2D eigenvalue weighted by atomic mass is 10.1. The molecule has 1 aliphatic rings. The van der Waals surface area contributed by atoms with Crippen molar-refractivity contribution in [1.29, 1.82) is 0 Å². The third-order valence-electron chi connectivity index (χ3n) is 5.38. The zero-order valence-electron chi connectivity index (χ0n) is 18.1. The number of amides is 3. The molecular weight excluding hydrogens is 421 g/mol. The smallest absolute Gasteiger partial charge is 0.371 e. The van der Waals surface area contributed by atoms with Crippen LogP contribution in [0.2, 0.25) is 0 Å². The number of nitrogens with one attached hydrogen (secondary N) is 3. The van der Waals surface area contributed by atoms with E-state index in [1.807, 2.05) is 13.8 Å². The number of carbonyl (C=O) groups is 2. The van der Waals surface area contributed by atoms with Crippen molar-refractivity contribution in [2.75, 3.05) is 28.6 Å². The van der Waals surface area contributed by atoms with Gasteiger partial charge in [0, 0.05) is 36.2 Å². The summed E-state index contributed by atoms with van der Waals surface area (Å²) in [6, 6.07) is 8.74. The number of benzene rings is 2. The number of anilines is 3. The third-order valence-corrected chi connectivity index (χ3v) is 5.38. The Balaban J connectivity index is 1.78. The Morgan fingerprint density at radius 2 is 1.69 bits per heavy atom. The summed E-state index contributed by atoms with van der Waals surface area (Å²) < 4.78 is 38.7. The summed E-state index contributed by atoms with van der Waals surface area (Å²) in [7, 11) is 0. The van der Waals surface area contributed by atoms with Gasteiger partial charge in [-0.25, -0.2) is 4.79 Å². The van der Waals surface area contributed by atoms with E-state index >= 15 is 0 Å². The number of halogens is 3. The maximum absolute atomic E-state index is 12.9. The summed E-state index contributed by atoms with van der Waals surface area (Å²) in [4.78, 5) is 27.4. The molecule has 1 atom stereocenters. The van der Waals surface area contributed by atoms with Crippen LogP contribution in [-0.4, -0.2) is 31.1 Å². The first-order chi connectivity index (χ1) is 15.2. The van der Waals surface area contributed by atoms with Gasteiger partial charge in [-0.1, -0.05) is 13.0 Å². The average Bonchev–Trinajstić information content (AvgIpc) is 3.27. The van der Waals surface area contributed by atoms with Gasteiger partial charge in [0.1, 0.15) is 0 Å². The fourth-order valence-corrected chi connectivity index (χ4v) is 3.50. The van der Waals surface area contributed by atoms with Crippen LogP contribution in [0, 0.1) is 0 Å². The Bertz CT molecular complexity index is 972. The monoisotopic (exact) mass is 448 g/mol. The molecule has 2 aromatic carbocycles. The molecule has 3 rings (SSSR count). The number of alkyl halides is 3. The molecule has 3 N–H and O–H groups in total. The Morgan fingerprint density at radius 3 is 2.31 bits per heavy atom. The van der Waals surface area contributed by atoms with Crippen molar-refractivity contribution < 1.29 is 22.8 Å². The van der Waals surface area contributed by atoms with Crippen molar-refractivity contribution in [3.8, 4) is 0 Å². The lowest BCUT2D eigenvalue weighted by Crippen LogP contribution is -2.33. The average molecular weight is 448 g/mol. The van der Waals surface area contributed by atoms with E-state index in [-0.39, 0.29) is 17.6 Å². The molecule has 1 unspecified atom stereocenters. The molecule has 1 fully saturated rings. The van der Waals surface area contributed by atoms with Gasteiger partial charge in [0.2, 0.25) is 0 Å². The molecule has 1 saturated heterocycles. The van der Waals surface area contributed by atoms with E-state index < -0.39 is 17.8 Å². The van der Waals surface area contributed by atoms with Crippen LogP contribution in [0.1, 0.15) is 49.0 Å². The highest BCUT2D eigenvalue weighted by molar-refractivity contribution is 6.04. The molecule has 0 aromatic heterocycles. The normalized spacial score (nSPS) is 14.7. The largest absolute Gasteiger partial charge is 0.416 e. The Morgan fingerprint density at radius 1 is 1.03 bits per heavy atom. The van der Waals surface area contributed by atoms with Crippen LogP contribution in [0.25, 0.3) is 0 Å². The predicted octanol–water partition coefficient (Wildman–Crippen LogP) is 5.48. The summed E-state index contributed by atoms with van der Waals surface area (Å²) in [6.45, 7) is 5.60. The van der Waals surface area contributed by atoms with Gasteiger partial charge in [-0.05, 0) is 62.6 Å². The number of rotatable bonds is 6. The van der Waals surface area contributed by atoms with Crippen molar-refractivity contribution in [2.24, 2.45) is 0 Å². The topological polar surface area (TPSA) is 73.5 Å². The SMILES string of the molecule is CCC(C)NC(=O)c1cc(NC(=O)Nc2cccc(C(F)(F)F)c2)ccc1N1CCCC1. The van der Waals surface area contributed by atoms with Crippen LogP contribution in [-0.2, 0) is 6.18 Å². The molecule has 9 heteroatoms. The number of hydrogen-bond acceptors (Lipinski definition) is 3. The fourth-order valence-electron chi connectivity index (χ4n) is 3.50. The molecule has 1 aliphatic heterocycles. The van der Waals surface area contributed by atoms with Gasteiger partial charge in [0.25, 0.3) is 5.91 Å². The highest BCUT2D eigenvalue weighted by Gasteiger charge is 2.30. The number of urea groups is 1. The van der Waals surface area contributed by atoms with Gasteiger partial charge in [-0.15, -0.1) is 0 Å². The van der Waals surface area contributed by atoms with Crippen molar-refractivity contribution in [3.63, 3.8) is 0 Å². The van der Waals surface area contributed by atoms with Gasteiger partial charge in [-0.2, -0.15) is 13.2 Å². The highest BCUT2D eigenvalue weighted by Crippen LogP contribution is 2.31. The molecule has 3 amide bonds. The maximum atomic E-state index is 12.9. The molecule has 172 valence electrons. The third kappa shape index (κ3) is 5.93. The molecule has 6 nitrogen and oxygen atoms in total. The lowest BCUT2D eigenvalue weighted by Gasteiger charge is -2.23. The molecule has 0 saturated carbocycles. The molecule has 1 heterocycles. The second-order valence-electron chi connectivity index (χ2n) is 7.87. The molecular formula is C23H27F3N4O2. The lowest BCUT2D eigenvalue weighted by molar-refractivity contribution is -0.137. The van der Waals surface area contributed by atoms with E-state index in [1.54, 1.807) is 18.2 Å². The highest BCUT2D eigenvalue weighted by atomic mass is 19.4. The van der Waals surface area contributed by atoms with E-state index in [4.69, 9.17) is 0 Å². The van der Waals surface area contributed by atoms with Crippen LogP contribution in [0.3, 0.4) is 0 Å². The van der Waals surface area contributed by atoms with E-state index in [1.165, 1.54) is 12.1 Å². The van der Waals surface area contributed by atoms with Crippen molar-refractivity contribution in [2.45, 2.75) is 45.3 Å². The van der Waals surface area contributed by atoms with Crippen LogP contribution in [0.4, 0.5) is 35.0 Å². The van der Waals surface area contributed by atoms with Gasteiger partial charge >= 0.3 is 12.2 Å². The predicted molar refractivity (Wildman–Crippen MR) is 119 cm³/mol. The van der Waals surface area contributed by atoms with Crippen LogP contribution >= 0.6 is 0 Å². The zero-order valence-corrected chi connectivity index (χ0v) is 18.1. The number of carbonyl (C=O) groups excluding carboxylic acids is 2. The maximum Gasteiger partial charge on any atom is 0.416 e. The van der Waals surface area contributed by atoms with E-state index in [9.17, 15) is 22.8 Å². The first-order valence-electron chi connectivity index (χ1n) is 10.6. The quantitative estimate of drug-likeness (QED) is 0.548. The number of hydrogen-bond donors (Lipinski definition) is 3. The summed E-state index contributed by atoms with van der Waals surface area (Å²) in [5.74, 6) is -0.233. The molecule has 0 aliphatic carbocycles. The van der Waals surface area contributed by atoms with Crippen molar-refractivity contribution in [1.82, 2.24) is 5.32 Å². The van der Waals surface area contributed by atoms with Crippen LogP contribution < -0.4 is 20.9 Å². The Hall–Kier alpha value is -3.23. The van der Waals surface area contributed by atoms with Gasteiger partial charge in [0.15, 0.2) is 0 Å². The Labute approximate surface area is 185 Å². The first kappa shape index (κ1) is 23.4. The zero-order chi connectivity index (χ0) is 23.3. The summed E-state index contributed by atoms with van der Waals surface area (Å²) in [5, 5.41) is 7.95. The second-order valence-corrected chi connectivity index (χ2v) is 7.87. The molecule has 32 heavy (non-hydrogen) atoms. The molecule has 0 spiro atoms. The summed E-state index contributed by atoms with van der Waals surface area (Å²) in [5.41, 5.74) is 0.776. The molecule has 0 bridgehead atoms. The first-order valence-corrected chi connectivity index (χ1v) is 10.6. The minimum absolute atomic E-state index is 0.00486. The van der Waals surface area contributed by atoms with Crippen LogP contribution in [0.5, 0.6) is 0 Å². The Kier molecular flexibility index (Phi) is 7.27. The van der Waals surface area contributed by atoms with Crippen molar-refractivity contribution >= 4 is 29.0 Å². The van der Waals surface area contributed by atoms with E-state index in [2.05, 4.69) is 20.9 Å². The van der Waals surface area contributed by atoms with Gasteiger partial charge < -0.3 is 20.9 Å². The summed E-state index contributed by atoms with van der Waals surface area (Å²) in [6.07, 6.45) is -1.63. The minimum Gasteiger partial charge on any atom is -0.371 e. The molecule has 2 aromatic rings. The summed E-state index contributed by atoms with van der Waals surface area (Å²) >= 11 is 0. The fraction of sp³-hybridized carbons (Fsp3) is 0.391. The standard InChI is InChI=1S/C23H27F3N4O2/c1-3-15(2)27-21(31)19-14-18(9-10-20(19)30-11-4-5-12-30)29-22(32)28-17-8-6-7-16(13-17)23(24,25)26/h6-10,13-15H,3-5,11-12H2,1-2H3,(H,27,31)(H2,28,29,32). The van der Waals surface area contributed by atoms with Crippen molar-refractivity contribution in [3.05, 3.63) is 53.6 Å². The number of nitrogens with zero attached hydrogens (tertiary/aromatic N) is 1. The molecule has 0 radical (unpaired) electrons. The van der Waals surface area contributed by atoms with E-state index in [0.717, 1.165) is 50.2 Å². The van der Waals surface area contributed by atoms with E-state index in [0.29, 0.717) is 11.3 Å². The minimum atomic E-state index is -4.50. The second kappa shape index (κ2) is 9.93. The van der Waals surface area contributed by atoms with Gasteiger partial charge in [0.05, 0.1) is 11.1 Å². The van der Waals surface area contributed by atoms with Gasteiger partial charge in [-0.3, -0.25) is 4.79 Å².